The molecule has 1 fully saturated rings. The summed E-state index contributed by atoms with van der Waals surface area (Å²) in [5.41, 5.74) is 8.85. The molecule has 2 amide bonds. The molecule has 5 rings (SSSR count). The zero-order valence-electron chi connectivity index (χ0n) is 18.7. The summed E-state index contributed by atoms with van der Waals surface area (Å²) in [5.74, 6) is -0.313. The number of H-pyrrole nitrogens is 1. The van der Waals surface area contributed by atoms with Crippen molar-refractivity contribution in [2.24, 2.45) is 0 Å². The second-order valence-electron chi connectivity index (χ2n) is 8.34. The van der Waals surface area contributed by atoms with Gasteiger partial charge in [0, 0.05) is 22.9 Å². The van der Waals surface area contributed by atoms with Gasteiger partial charge in [-0.1, -0.05) is 18.7 Å². The summed E-state index contributed by atoms with van der Waals surface area (Å²) in [5, 5.41) is 16.9. The van der Waals surface area contributed by atoms with Gasteiger partial charge in [-0.25, -0.2) is 9.78 Å². The molecule has 5 N–H and O–H groups in total. The zero-order chi connectivity index (χ0) is 24.5. The molecule has 0 bridgehead atoms. The van der Waals surface area contributed by atoms with Crippen LogP contribution in [0.5, 0.6) is 0 Å². The van der Waals surface area contributed by atoms with Crippen molar-refractivity contribution in [2.45, 2.75) is 25.3 Å². The molecule has 0 spiro atoms. The minimum absolute atomic E-state index is 0.116. The number of nitrogen functional groups attached to an aromatic ring is 1. The van der Waals surface area contributed by atoms with Crippen molar-refractivity contribution in [3.63, 3.8) is 0 Å². The van der Waals surface area contributed by atoms with Gasteiger partial charge >= 0.3 is 0 Å². The molecule has 1 aliphatic rings. The fraction of sp³-hybridized carbons (Fsp3) is 0.160. The Balaban J connectivity index is 1.58. The van der Waals surface area contributed by atoms with E-state index in [0.717, 1.165) is 19.3 Å². The van der Waals surface area contributed by atoms with Gasteiger partial charge in [0.1, 0.15) is 0 Å². The van der Waals surface area contributed by atoms with Crippen LogP contribution >= 0.6 is 0 Å². The first-order valence-corrected chi connectivity index (χ1v) is 11.2. The number of amides is 2. The van der Waals surface area contributed by atoms with Crippen LogP contribution in [0.15, 0.2) is 66.0 Å². The van der Waals surface area contributed by atoms with E-state index in [2.05, 4.69) is 32.5 Å². The Labute approximate surface area is 199 Å². The number of aromatic amines is 1. The number of rotatable bonds is 6. The van der Waals surface area contributed by atoms with Crippen LogP contribution in [0, 0.1) is 0 Å². The van der Waals surface area contributed by atoms with E-state index in [4.69, 9.17) is 5.73 Å². The van der Waals surface area contributed by atoms with E-state index in [1.807, 2.05) is 0 Å². The molecule has 1 saturated carbocycles. The van der Waals surface area contributed by atoms with Gasteiger partial charge in [0.2, 0.25) is 5.91 Å². The van der Waals surface area contributed by atoms with E-state index in [9.17, 15) is 14.4 Å². The summed E-state index contributed by atoms with van der Waals surface area (Å²) in [6.45, 7) is 3.44. The van der Waals surface area contributed by atoms with E-state index in [1.165, 1.54) is 6.08 Å². The average molecular weight is 470 g/mol. The number of fused-ring (bicyclic) bond motifs is 1. The second-order valence-corrected chi connectivity index (χ2v) is 8.34. The van der Waals surface area contributed by atoms with Crippen molar-refractivity contribution < 1.29 is 9.59 Å². The molecule has 0 unspecified atom stereocenters. The van der Waals surface area contributed by atoms with Crippen LogP contribution in [-0.4, -0.2) is 37.8 Å². The summed E-state index contributed by atoms with van der Waals surface area (Å²) in [6.07, 6.45) is 4.33. The summed E-state index contributed by atoms with van der Waals surface area (Å²) < 4.78 is 1.60. The largest absolute Gasteiger partial charge is 0.382 e. The Morgan fingerprint density at radius 3 is 2.46 bits per heavy atom. The number of carbonyl (C=O) groups is 2. The number of nitrogens with two attached hydrogens (primary N) is 1. The molecular formula is C25H23N7O3. The third kappa shape index (κ3) is 4.17. The molecule has 35 heavy (non-hydrogen) atoms. The Morgan fingerprint density at radius 1 is 1.11 bits per heavy atom. The predicted molar refractivity (Wildman–Crippen MR) is 133 cm³/mol. The highest BCUT2D eigenvalue weighted by molar-refractivity contribution is 6.01. The smallest absolute Gasteiger partial charge is 0.292 e. The summed E-state index contributed by atoms with van der Waals surface area (Å²) in [4.78, 5) is 36.6. The van der Waals surface area contributed by atoms with Crippen molar-refractivity contribution >= 4 is 34.2 Å². The number of benzene rings is 2. The van der Waals surface area contributed by atoms with Crippen molar-refractivity contribution in [3.05, 3.63) is 77.1 Å². The predicted octanol–water partition coefficient (Wildman–Crippen LogP) is 2.76. The van der Waals surface area contributed by atoms with Crippen molar-refractivity contribution in [1.82, 2.24) is 25.3 Å². The molecule has 2 heterocycles. The van der Waals surface area contributed by atoms with Gasteiger partial charge in [0.05, 0.1) is 16.8 Å². The summed E-state index contributed by atoms with van der Waals surface area (Å²) in [7, 11) is 0. The maximum atomic E-state index is 12.5. The lowest BCUT2D eigenvalue weighted by Gasteiger charge is -2.26. The molecule has 10 nitrogen and oxygen atoms in total. The van der Waals surface area contributed by atoms with Gasteiger partial charge in [0.15, 0.2) is 11.3 Å². The Morgan fingerprint density at radius 2 is 1.83 bits per heavy atom. The second kappa shape index (κ2) is 8.90. The van der Waals surface area contributed by atoms with Crippen LogP contribution in [0.2, 0.25) is 0 Å². The molecule has 2 aromatic heterocycles. The summed E-state index contributed by atoms with van der Waals surface area (Å²) in [6, 6.07) is 14.2. The average Bonchev–Trinajstić information content (AvgIpc) is 3.26. The Bertz CT molecular complexity index is 1500. The maximum absolute atomic E-state index is 12.5. The minimum atomic E-state index is -0.472. The van der Waals surface area contributed by atoms with E-state index >= 15 is 0 Å². The molecule has 176 valence electrons. The molecule has 0 atom stereocenters. The molecule has 4 aromatic rings. The lowest BCUT2D eigenvalue weighted by Crippen LogP contribution is -2.39. The van der Waals surface area contributed by atoms with Gasteiger partial charge in [0.25, 0.3) is 11.5 Å². The number of hydrogen-bond donors (Lipinski definition) is 4. The maximum Gasteiger partial charge on any atom is 0.292 e. The topological polar surface area (TPSA) is 148 Å². The standard InChI is InChI=1S/C25H23N7O3/c1-2-19(33)27-17-10-12-18(13-11-17)32-22(20-21(31-32)25(35)30-29-23(20)26)14-6-8-15(9-7-14)24(34)28-16-4-3-5-16/h2,6-13,16H,1,3-5H2,(H2,26,29)(H,27,33)(H,28,34)(H,30,35). The molecule has 1 aliphatic carbocycles. The number of nitrogens with zero attached hydrogens (tertiary/aromatic N) is 3. The first-order chi connectivity index (χ1) is 16.9. The quantitative estimate of drug-likeness (QED) is 0.319. The Hall–Kier alpha value is -4.73. The normalized spacial score (nSPS) is 13.3. The van der Waals surface area contributed by atoms with Gasteiger partial charge in [-0.3, -0.25) is 14.4 Å². The molecule has 0 saturated heterocycles. The van der Waals surface area contributed by atoms with E-state index in [-0.39, 0.29) is 29.2 Å². The fourth-order valence-electron chi connectivity index (χ4n) is 3.97. The van der Waals surface area contributed by atoms with E-state index in [0.29, 0.717) is 33.6 Å². The zero-order valence-corrected chi connectivity index (χ0v) is 18.7. The third-order valence-electron chi connectivity index (χ3n) is 6.06. The lowest BCUT2D eigenvalue weighted by molar-refractivity contribution is -0.111. The molecule has 0 radical (unpaired) electrons. The van der Waals surface area contributed by atoms with Gasteiger partial charge < -0.3 is 16.4 Å². The molecule has 2 aromatic carbocycles. The highest BCUT2D eigenvalue weighted by Gasteiger charge is 2.22. The van der Waals surface area contributed by atoms with Gasteiger partial charge in [-0.05, 0) is 61.7 Å². The first-order valence-electron chi connectivity index (χ1n) is 11.2. The van der Waals surface area contributed by atoms with Crippen LogP contribution < -0.4 is 21.9 Å². The van der Waals surface area contributed by atoms with Crippen molar-refractivity contribution in [2.75, 3.05) is 11.1 Å². The number of aromatic nitrogens is 4. The van der Waals surface area contributed by atoms with Crippen LogP contribution in [-0.2, 0) is 4.79 Å². The first kappa shape index (κ1) is 22.1. The molecule has 10 heteroatoms. The number of carbonyl (C=O) groups excluding carboxylic acids is 2. The third-order valence-corrected chi connectivity index (χ3v) is 6.06. The highest BCUT2D eigenvalue weighted by Crippen LogP contribution is 2.33. The number of anilines is 2. The van der Waals surface area contributed by atoms with Gasteiger partial charge in [-0.2, -0.15) is 10.2 Å². The molecule has 0 aliphatic heterocycles. The summed E-state index contributed by atoms with van der Waals surface area (Å²) >= 11 is 0. The van der Waals surface area contributed by atoms with Crippen LogP contribution in [0.1, 0.15) is 29.6 Å². The van der Waals surface area contributed by atoms with Gasteiger partial charge in [-0.15, -0.1) is 0 Å². The Kier molecular flexibility index (Phi) is 5.61. The number of nitrogens with one attached hydrogen (secondary N) is 3. The van der Waals surface area contributed by atoms with Crippen molar-refractivity contribution in [1.29, 1.82) is 0 Å². The monoisotopic (exact) mass is 469 g/mol. The minimum Gasteiger partial charge on any atom is -0.382 e. The van der Waals surface area contributed by atoms with Crippen LogP contribution in [0.4, 0.5) is 11.5 Å². The fourth-order valence-corrected chi connectivity index (χ4v) is 3.97. The van der Waals surface area contributed by atoms with Crippen LogP contribution in [0.3, 0.4) is 0 Å². The SMILES string of the molecule is C=CC(=O)Nc1ccc(-n2nc3c(=O)[nH]nc(N)c3c2-c2ccc(C(=O)NC3CCC3)cc2)cc1. The van der Waals surface area contributed by atoms with Crippen LogP contribution in [0.25, 0.3) is 27.8 Å². The van der Waals surface area contributed by atoms with E-state index < -0.39 is 5.56 Å². The van der Waals surface area contributed by atoms with E-state index in [1.54, 1.807) is 53.2 Å². The lowest BCUT2D eigenvalue weighted by atomic mass is 9.93. The van der Waals surface area contributed by atoms with Crippen molar-refractivity contribution in [3.8, 4) is 16.9 Å². The molecular weight excluding hydrogens is 446 g/mol. The highest BCUT2D eigenvalue weighted by atomic mass is 16.2. The number of hydrogen-bond acceptors (Lipinski definition) is 6.